The third-order valence-electron chi connectivity index (χ3n) is 3.89. The number of hydrogen-bond donors (Lipinski definition) is 0. The maximum absolute atomic E-state index is 12.4. The van der Waals surface area contributed by atoms with Gasteiger partial charge in [-0.2, -0.15) is 5.26 Å². The number of carbonyl (C=O) groups excluding carboxylic acids is 1. The first-order valence-corrected chi connectivity index (χ1v) is 8.45. The molecule has 24 heavy (non-hydrogen) atoms. The van der Waals surface area contributed by atoms with E-state index in [2.05, 4.69) is 6.07 Å². The van der Waals surface area contributed by atoms with Crippen molar-refractivity contribution in [2.75, 3.05) is 13.2 Å². The molecule has 1 unspecified atom stereocenters. The average molecular weight is 330 g/mol. The minimum absolute atomic E-state index is 0.0488. The van der Waals surface area contributed by atoms with E-state index in [0.29, 0.717) is 25.3 Å². The third kappa shape index (κ3) is 5.54. The molecule has 0 aliphatic carbocycles. The van der Waals surface area contributed by atoms with E-state index < -0.39 is 5.60 Å². The highest BCUT2D eigenvalue weighted by molar-refractivity contribution is 5.68. The lowest BCUT2D eigenvalue weighted by Crippen LogP contribution is -2.48. The number of likely N-dealkylation sites (tertiary alicyclic amines) is 1. The van der Waals surface area contributed by atoms with Gasteiger partial charge in [-0.05, 0) is 57.7 Å². The number of nitriles is 1. The van der Waals surface area contributed by atoms with Crippen molar-refractivity contribution in [2.45, 2.75) is 58.3 Å². The van der Waals surface area contributed by atoms with E-state index >= 15 is 0 Å². The number of ether oxygens (including phenoxy) is 2. The Kier molecular flexibility index (Phi) is 6.22. The molecular weight excluding hydrogens is 304 g/mol. The van der Waals surface area contributed by atoms with Crippen LogP contribution in [0.3, 0.4) is 0 Å². The predicted octanol–water partition coefficient (Wildman–Crippen LogP) is 3.86. The molecule has 0 spiro atoms. The quantitative estimate of drug-likeness (QED) is 0.841. The number of carbonyl (C=O) groups is 1. The highest BCUT2D eigenvalue weighted by Crippen LogP contribution is 2.21. The molecule has 0 N–H and O–H groups in total. The van der Waals surface area contributed by atoms with Crippen LogP contribution in [-0.4, -0.2) is 35.8 Å². The summed E-state index contributed by atoms with van der Waals surface area (Å²) in [6.45, 7) is 7.27. The number of nitrogens with zero attached hydrogens (tertiary/aromatic N) is 2. The first-order valence-electron chi connectivity index (χ1n) is 8.45. The van der Waals surface area contributed by atoms with Crippen LogP contribution in [0.4, 0.5) is 4.79 Å². The Balaban J connectivity index is 1.89. The van der Waals surface area contributed by atoms with Gasteiger partial charge in [0.05, 0.1) is 30.9 Å². The maximum Gasteiger partial charge on any atom is 0.410 e. The minimum Gasteiger partial charge on any atom is -0.444 e. The zero-order valence-electron chi connectivity index (χ0n) is 14.7. The molecular formula is C19H26N2O3. The molecule has 1 amide bonds. The topological polar surface area (TPSA) is 62.6 Å². The van der Waals surface area contributed by atoms with Crippen LogP contribution in [0.15, 0.2) is 24.3 Å². The highest BCUT2D eigenvalue weighted by Gasteiger charge is 2.30. The molecule has 1 saturated heterocycles. The first kappa shape index (κ1) is 18.3. The van der Waals surface area contributed by atoms with Crippen molar-refractivity contribution >= 4 is 6.09 Å². The van der Waals surface area contributed by atoms with E-state index in [1.54, 1.807) is 11.0 Å². The van der Waals surface area contributed by atoms with Gasteiger partial charge in [0.25, 0.3) is 0 Å². The summed E-state index contributed by atoms with van der Waals surface area (Å²) in [5, 5.41) is 8.93. The van der Waals surface area contributed by atoms with E-state index in [-0.39, 0.29) is 12.1 Å². The van der Waals surface area contributed by atoms with E-state index in [1.165, 1.54) is 0 Å². The lowest BCUT2D eigenvalue weighted by Gasteiger charge is -2.36. The van der Waals surface area contributed by atoms with Gasteiger partial charge in [0, 0.05) is 6.54 Å². The third-order valence-corrected chi connectivity index (χ3v) is 3.89. The van der Waals surface area contributed by atoms with Crippen LogP contribution in [0.5, 0.6) is 0 Å². The fraction of sp³-hybridized carbons (Fsp3) is 0.579. The van der Waals surface area contributed by atoms with Gasteiger partial charge in [0.1, 0.15) is 5.60 Å². The number of rotatable bonds is 4. The SMILES string of the molecule is CC(C)(C)OC(=O)N1CCCCC1COCc1cccc(C#N)c1. The van der Waals surface area contributed by atoms with Crippen LogP contribution in [-0.2, 0) is 16.1 Å². The summed E-state index contributed by atoms with van der Waals surface area (Å²) >= 11 is 0. The van der Waals surface area contributed by atoms with Crippen molar-refractivity contribution in [3.8, 4) is 6.07 Å². The van der Waals surface area contributed by atoms with Crippen molar-refractivity contribution in [3.63, 3.8) is 0 Å². The molecule has 1 aliphatic heterocycles. The molecule has 5 heteroatoms. The van der Waals surface area contributed by atoms with Gasteiger partial charge in [-0.25, -0.2) is 4.79 Å². The lowest BCUT2D eigenvalue weighted by atomic mass is 10.0. The average Bonchev–Trinajstić information content (AvgIpc) is 2.54. The molecule has 0 aromatic heterocycles. The van der Waals surface area contributed by atoms with E-state index in [9.17, 15) is 4.79 Å². The second-order valence-corrected chi connectivity index (χ2v) is 7.15. The van der Waals surface area contributed by atoms with Gasteiger partial charge in [-0.1, -0.05) is 12.1 Å². The van der Waals surface area contributed by atoms with Crippen LogP contribution in [0.25, 0.3) is 0 Å². The summed E-state index contributed by atoms with van der Waals surface area (Å²) in [4.78, 5) is 14.1. The molecule has 1 aromatic rings. The molecule has 0 radical (unpaired) electrons. The number of benzene rings is 1. The Morgan fingerprint density at radius 3 is 2.88 bits per heavy atom. The van der Waals surface area contributed by atoms with Crippen molar-refractivity contribution in [1.29, 1.82) is 5.26 Å². The summed E-state index contributed by atoms with van der Waals surface area (Å²) in [6.07, 6.45) is 2.76. The first-order chi connectivity index (χ1) is 11.4. The monoisotopic (exact) mass is 330 g/mol. The molecule has 1 fully saturated rings. The highest BCUT2D eigenvalue weighted by atomic mass is 16.6. The molecule has 1 aliphatic rings. The van der Waals surface area contributed by atoms with E-state index in [4.69, 9.17) is 14.7 Å². The van der Waals surface area contributed by atoms with Crippen LogP contribution in [0, 0.1) is 11.3 Å². The second kappa shape index (κ2) is 8.16. The van der Waals surface area contributed by atoms with Gasteiger partial charge in [0.2, 0.25) is 0 Å². The molecule has 1 heterocycles. The Hall–Kier alpha value is -2.06. The van der Waals surface area contributed by atoms with E-state index in [1.807, 2.05) is 39.0 Å². The fourth-order valence-electron chi connectivity index (χ4n) is 2.78. The zero-order valence-corrected chi connectivity index (χ0v) is 14.7. The smallest absolute Gasteiger partial charge is 0.410 e. The van der Waals surface area contributed by atoms with Gasteiger partial charge in [-0.3, -0.25) is 0 Å². The number of hydrogen-bond acceptors (Lipinski definition) is 4. The normalized spacial score (nSPS) is 18.1. The standard InChI is InChI=1S/C19H26N2O3/c1-19(2,3)24-18(22)21-10-5-4-9-17(21)14-23-13-16-8-6-7-15(11-16)12-20/h6-8,11,17H,4-5,9-10,13-14H2,1-3H3. The minimum atomic E-state index is -0.488. The van der Waals surface area contributed by atoms with Gasteiger partial charge >= 0.3 is 6.09 Å². The number of piperidine rings is 1. The lowest BCUT2D eigenvalue weighted by molar-refractivity contribution is -0.00997. The Bertz CT molecular complexity index is 601. The molecule has 2 rings (SSSR count). The Morgan fingerprint density at radius 1 is 1.38 bits per heavy atom. The zero-order chi connectivity index (χ0) is 17.6. The Morgan fingerprint density at radius 2 is 2.17 bits per heavy atom. The molecule has 1 atom stereocenters. The molecule has 0 bridgehead atoms. The van der Waals surface area contributed by atoms with Crippen LogP contribution in [0.2, 0.25) is 0 Å². The van der Waals surface area contributed by atoms with Crippen molar-refractivity contribution in [1.82, 2.24) is 4.90 Å². The largest absolute Gasteiger partial charge is 0.444 e. The summed E-state index contributed by atoms with van der Waals surface area (Å²) in [6, 6.07) is 9.56. The summed E-state index contributed by atoms with van der Waals surface area (Å²) in [5.74, 6) is 0. The van der Waals surface area contributed by atoms with Crippen molar-refractivity contribution < 1.29 is 14.3 Å². The van der Waals surface area contributed by atoms with Crippen molar-refractivity contribution in [2.24, 2.45) is 0 Å². The van der Waals surface area contributed by atoms with Gasteiger partial charge in [-0.15, -0.1) is 0 Å². The van der Waals surface area contributed by atoms with Gasteiger partial charge < -0.3 is 14.4 Å². The molecule has 1 aromatic carbocycles. The predicted molar refractivity (Wildman–Crippen MR) is 91.4 cm³/mol. The van der Waals surface area contributed by atoms with E-state index in [0.717, 1.165) is 24.8 Å². The number of amides is 1. The van der Waals surface area contributed by atoms with Crippen LogP contribution < -0.4 is 0 Å². The maximum atomic E-state index is 12.4. The molecule has 0 saturated carbocycles. The van der Waals surface area contributed by atoms with Gasteiger partial charge in [0.15, 0.2) is 0 Å². The van der Waals surface area contributed by atoms with Crippen LogP contribution >= 0.6 is 0 Å². The summed E-state index contributed by atoms with van der Waals surface area (Å²) in [7, 11) is 0. The van der Waals surface area contributed by atoms with Crippen LogP contribution in [0.1, 0.15) is 51.2 Å². The second-order valence-electron chi connectivity index (χ2n) is 7.15. The molecule has 130 valence electrons. The summed E-state index contributed by atoms with van der Waals surface area (Å²) in [5.41, 5.74) is 1.11. The fourth-order valence-corrected chi connectivity index (χ4v) is 2.78. The van der Waals surface area contributed by atoms with Crippen molar-refractivity contribution in [3.05, 3.63) is 35.4 Å². The summed E-state index contributed by atoms with van der Waals surface area (Å²) < 4.78 is 11.3. The Labute approximate surface area is 144 Å². The molecule has 5 nitrogen and oxygen atoms in total.